The van der Waals surface area contributed by atoms with Crippen LogP contribution in [0, 0.1) is 0 Å². The first-order valence-electron chi connectivity index (χ1n) is 8.04. The average Bonchev–Trinajstić information content (AvgIpc) is 2.46. The van der Waals surface area contributed by atoms with Crippen LogP contribution in [-0.4, -0.2) is 9.52 Å². The summed E-state index contributed by atoms with van der Waals surface area (Å²) >= 11 is 7.21. The standard InChI is InChI=1S/C18H28Br2Si/c1-4-5-6-7-8-11-18(2,3)21-17-12-15(13-19)9-10-16(17)14-20/h9-10,12H,4-8,11,13-14H2,1-3H3. The van der Waals surface area contributed by atoms with E-state index in [9.17, 15) is 0 Å². The second kappa shape index (κ2) is 10.2. The monoisotopic (exact) mass is 430 g/mol. The summed E-state index contributed by atoms with van der Waals surface area (Å²) in [6.45, 7) is 7.15. The number of rotatable bonds is 10. The Hall–Kier alpha value is 0.397. The Kier molecular flexibility index (Phi) is 9.47. The molecule has 2 radical (unpaired) electrons. The maximum Gasteiger partial charge on any atom is 0.0875 e. The lowest BCUT2D eigenvalue weighted by Gasteiger charge is -2.25. The number of halogens is 2. The second-order valence-electron chi connectivity index (χ2n) is 6.43. The van der Waals surface area contributed by atoms with Gasteiger partial charge in [0.1, 0.15) is 0 Å². The molecule has 0 nitrogen and oxygen atoms in total. The fourth-order valence-electron chi connectivity index (χ4n) is 2.54. The predicted octanol–water partition coefficient (Wildman–Crippen LogP) is 6.36. The average molecular weight is 432 g/mol. The third-order valence-electron chi connectivity index (χ3n) is 3.85. The Balaban J connectivity index is 2.60. The summed E-state index contributed by atoms with van der Waals surface area (Å²) in [5, 5.41) is 3.88. The van der Waals surface area contributed by atoms with Crippen LogP contribution in [-0.2, 0) is 10.7 Å². The highest BCUT2D eigenvalue weighted by molar-refractivity contribution is 9.08. The van der Waals surface area contributed by atoms with Crippen LogP contribution < -0.4 is 5.19 Å². The molecule has 0 aliphatic carbocycles. The zero-order valence-corrected chi connectivity index (χ0v) is 17.8. The molecular formula is C18H28Br2Si. The van der Waals surface area contributed by atoms with Gasteiger partial charge in [-0.05, 0) is 16.2 Å². The lowest BCUT2D eigenvalue weighted by molar-refractivity contribution is 0.531. The van der Waals surface area contributed by atoms with Crippen LogP contribution in [0.1, 0.15) is 70.4 Å². The molecule has 118 valence electrons. The van der Waals surface area contributed by atoms with Gasteiger partial charge in [0.15, 0.2) is 0 Å². The molecule has 1 rings (SSSR count). The maximum absolute atomic E-state index is 3.64. The number of benzene rings is 1. The van der Waals surface area contributed by atoms with Gasteiger partial charge < -0.3 is 0 Å². The molecule has 0 spiro atoms. The van der Waals surface area contributed by atoms with Crippen molar-refractivity contribution in [3.05, 3.63) is 29.3 Å². The molecule has 1 aromatic rings. The lowest BCUT2D eigenvalue weighted by Crippen LogP contribution is -2.28. The molecule has 21 heavy (non-hydrogen) atoms. The highest BCUT2D eigenvalue weighted by atomic mass is 79.9. The van der Waals surface area contributed by atoms with Gasteiger partial charge in [0.2, 0.25) is 0 Å². The number of unbranched alkanes of at least 4 members (excludes halogenated alkanes) is 4. The van der Waals surface area contributed by atoms with E-state index in [2.05, 4.69) is 70.8 Å². The highest BCUT2D eigenvalue weighted by Gasteiger charge is 2.21. The lowest BCUT2D eigenvalue weighted by atomic mass is 10.0. The minimum atomic E-state index is 0.425. The minimum Gasteiger partial charge on any atom is -0.0876 e. The molecule has 0 aliphatic heterocycles. The summed E-state index contributed by atoms with van der Waals surface area (Å²) < 4.78 is 0. The molecule has 0 bridgehead atoms. The van der Waals surface area contributed by atoms with Crippen molar-refractivity contribution >= 4 is 46.6 Å². The molecule has 0 saturated carbocycles. The van der Waals surface area contributed by atoms with Crippen molar-refractivity contribution in [1.82, 2.24) is 0 Å². The van der Waals surface area contributed by atoms with Crippen molar-refractivity contribution < 1.29 is 0 Å². The molecule has 0 heterocycles. The fourth-order valence-corrected chi connectivity index (χ4v) is 5.25. The molecule has 3 heteroatoms. The third-order valence-corrected chi connectivity index (χ3v) is 6.76. The largest absolute Gasteiger partial charge is 0.0876 e. The second-order valence-corrected chi connectivity index (χ2v) is 9.70. The predicted molar refractivity (Wildman–Crippen MR) is 105 cm³/mol. The summed E-state index contributed by atoms with van der Waals surface area (Å²) in [7, 11) is 0.898. The van der Waals surface area contributed by atoms with Gasteiger partial charge in [-0.25, -0.2) is 0 Å². The Bertz CT molecular complexity index is 416. The zero-order valence-electron chi connectivity index (χ0n) is 13.6. The molecule has 0 amide bonds. The summed E-state index contributed by atoms with van der Waals surface area (Å²) in [6.07, 6.45) is 8.25. The first-order valence-corrected chi connectivity index (χ1v) is 11.3. The molecule has 0 N–H and O–H groups in total. The van der Waals surface area contributed by atoms with E-state index >= 15 is 0 Å². The molecule has 0 atom stereocenters. The highest BCUT2D eigenvalue weighted by Crippen LogP contribution is 2.30. The van der Waals surface area contributed by atoms with Gasteiger partial charge in [-0.1, -0.05) is 115 Å². The van der Waals surface area contributed by atoms with Crippen molar-refractivity contribution in [3.63, 3.8) is 0 Å². The Morgan fingerprint density at radius 3 is 2.33 bits per heavy atom. The van der Waals surface area contributed by atoms with E-state index in [1.807, 2.05) is 0 Å². The van der Waals surface area contributed by atoms with E-state index < -0.39 is 0 Å². The maximum atomic E-state index is 3.64. The van der Waals surface area contributed by atoms with Crippen LogP contribution in [0.5, 0.6) is 0 Å². The van der Waals surface area contributed by atoms with E-state index in [0.717, 1.165) is 20.2 Å². The normalized spacial score (nSPS) is 11.9. The van der Waals surface area contributed by atoms with E-state index in [-0.39, 0.29) is 0 Å². The first-order chi connectivity index (χ1) is 10.0. The molecule has 1 aromatic carbocycles. The van der Waals surface area contributed by atoms with Gasteiger partial charge >= 0.3 is 0 Å². The molecular weight excluding hydrogens is 404 g/mol. The number of hydrogen-bond donors (Lipinski definition) is 0. The van der Waals surface area contributed by atoms with Gasteiger partial charge in [0.25, 0.3) is 0 Å². The molecule has 0 aliphatic rings. The number of hydrogen-bond acceptors (Lipinski definition) is 0. The third kappa shape index (κ3) is 7.47. The minimum absolute atomic E-state index is 0.425. The molecule has 0 saturated heterocycles. The molecule has 0 unspecified atom stereocenters. The number of alkyl halides is 2. The smallest absolute Gasteiger partial charge is 0.0875 e. The topological polar surface area (TPSA) is 0 Å². The molecule has 0 fully saturated rings. The summed E-state index contributed by atoms with van der Waals surface area (Å²) in [5.41, 5.74) is 2.85. The van der Waals surface area contributed by atoms with Crippen LogP contribution in [0.4, 0.5) is 0 Å². The Labute approximate surface area is 150 Å². The van der Waals surface area contributed by atoms with E-state index in [1.165, 1.54) is 49.7 Å². The van der Waals surface area contributed by atoms with Crippen LogP contribution in [0.3, 0.4) is 0 Å². The van der Waals surface area contributed by atoms with E-state index in [4.69, 9.17) is 0 Å². The quantitative estimate of drug-likeness (QED) is 0.229. The summed E-state index contributed by atoms with van der Waals surface area (Å²) in [6, 6.07) is 6.91. The van der Waals surface area contributed by atoms with Gasteiger partial charge in [0, 0.05) is 10.7 Å². The van der Waals surface area contributed by atoms with Crippen LogP contribution in [0.15, 0.2) is 18.2 Å². The SMILES string of the molecule is CCCCCCCC(C)(C)[Si]c1cc(CBr)ccc1CBr. The van der Waals surface area contributed by atoms with Crippen LogP contribution in [0.25, 0.3) is 0 Å². The first kappa shape index (κ1) is 19.4. The van der Waals surface area contributed by atoms with Crippen molar-refractivity contribution in [2.45, 2.75) is 75.0 Å². The van der Waals surface area contributed by atoms with Gasteiger partial charge in [-0.3, -0.25) is 0 Å². The van der Waals surface area contributed by atoms with Crippen molar-refractivity contribution in [2.75, 3.05) is 0 Å². The Morgan fingerprint density at radius 1 is 1.00 bits per heavy atom. The van der Waals surface area contributed by atoms with Crippen molar-refractivity contribution in [3.8, 4) is 0 Å². The fraction of sp³-hybridized carbons (Fsp3) is 0.667. The Morgan fingerprint density at radius 2 is 1.71 bits per heavy atom. The summed E-state index contributed by atoms with van der Waals surface area (Å²) in [4.78, 5) is 0. The van der Waals surface area contributed by atoms with Crippen LogP contribution in [0.2, 0.25) is 5.04 Å². The zero-order chi connectivity index (χ0) is 15.7. The summed E-state index contributed by atoms with van der Waals surface area (Å²) in [5.74, 6) is 0. The van der Waals surface area contributed by atoms with E-state index in [1.54, 1.807) is 5.19 Å². The van der Waals surface area contributed by atoms with Crippen molar-refractivity contribution in [1.29, 1.82) is 0 Å². The van der Waals surface area contributed by atoms with Crippen LogP contribution >= 0.6 is 31.9 Å². The van der Waals surface area contributed by atoms with Gasteiger partial charge in [0.05, 0.1) is 9.52 Å². The molecule has 0 aromatic heterocycles. The van der Waals surface area contributed by atoms with Crippen molar-refractivity contribution in [2.24, 2.45) is 0 Å². The van der Waals surface area contributed by atoms with E-state index in [0.29, 0.717) is 5.04 Å². The van der Waals surface area contributed by atoms with Gasteiger partial charge in [-0.2, -0.15) is 0 Å². The van der Waals surface area contributed by atoms with Gasteiger partial charge in [-0.15, -0.1) is 0 Å².